The maximum Gasteiger partial charge on any atom is 0.337 e. The number of hydrogen-bond donors (Lipinski definition) is 1. The predicted molar refractivity (Wildman–Crippen MR) is 111 cm³/mol. The quantitative estimate of drug-likeness (QED) is 0.786. The van der Waals surface area contributed by atoms with Gasteiger partial charge in [-0.2, -0.15) is 5.10 Å². The molecule has 1 aliphatic carbocycles. The highest BCUT2D eigenvalue weighted by molar-refractivity contribution is 5.89. The molecule has 0 spiro atoms. The van der Waals surface area contributed by atoms with Crippen LogP contribution in [0.1, 0.15) is 52.6 Å². The number of aryl methyl sites for hydroxylation is 1. The Kier molecular flexibility index (Phi) is 5.13. The van der Waals surface area contributed by atoms with Gasteiger partial charge in [-0.1, -0.05) is 12.1 Å². The standard InChI is InChI=1S/C22H26N4O3/c1-25-12-17(14-4-8-16(9-5-14)22(28)29-3)10-18(13-25)24-19-11-23-26(2)21(27)20(19)15-6-7-15/h4-5,8-9,11,13,15,17,24H,6-7,10,12H2,1-3H3. The van der Waals surface area contributed by atoms with Gasteiger partial charge in [-0.25, -0.2) is 9.48 Å². The summed E-state index contributed by atoms with van der Waals surface area (Å²) >= 11 is 0. The summed E-state index contributed by atoms with van der Waals surface area (Å²) in [5.41, 5.74) is 4.42. The van der Waals surface area contributed by atoms with Crippen LogP contribution in [0.15, 0.2) is 47.2 Å². The number of methoxy groups -OCH3 is 1. The van der Waals surface area contributed by atoms with Crippen molar-refractivity contribution in [3.63, 3.8) is 0 Å². The molecule has 2 heterocycles. The van der Waals surface area contributed by atoms with Crippen LogP contribution in [0.25, 0.3) is 0 Å². The van der Waals surface area contributed by atoms with Crippen LogP contribution in [0.2, 0.25) is 0 Å². The first-order valence-corrected chi connectivity index (χ1v) is 9.88. The SMILES string of the molecule is COC(=O)c1ccc(C2CC(Nc3cnn(C)c(=O)c3C3CC3)=CN(C)C2)cc1. The number of aromatic nitrogens is 2. The maximum absolute atomic E-state index is 12.6. The number of ether oxygens (including phenoxy) is 1. The molecule has 1 atom stereocenters. The topological polar surface area (TPSA) is 76.5 Å². The summed E-state index contributed by atoms with van der Waals surface area (Å²) in [6.45, 7) is 0.882. The van der Waals surface area contributed by atoms with Crippen LogP contribution in [-0.4, -0.2) is 41.4 Å². The number of nitrogens with one attached hydrogen (secondary N) is 1. The molecule has 1 unspecified atom stereocenters. The van der Waals surface area contributed by atoms with Crippen molar-refractivity contribution in [3.05, 3.63) is 69.4 Å². The molecule has 1 N–H and O–H groups in total. The van der Waals surface area contributed by atoms with Gasteiger partial charge in [-0.3, -0.25) is 4.79 Å². The van der Waals surface area contributed by atoms with E-state index in [4.69, 9.17) is 4.74 Å². The molecule has 1 aromatic heterocycles. The van der Waals surface area contributed by atoms with Crippen LogP contribution in [-0.2, 0) is 11.8 Å². The van der Waals surface area contributed by atoms with Crippen molar-refractivity contribution in [2.45, 2.75) is 31.1 Å². The van der Waals surface area contributed by atoms with Gasteiger partial charge in [-0.15, -0.1) is 0 Å². The third-order valence-electron chi connectivity index (χ3n) is 5.61. The number of nitrogens with zero attached hydrogens (tertiary/aromatic N) is 3. The Balaban J connectivity index is 1.55. The van der Waals surface area contributed by atoms with Crippen molar-refractivity contribution < 1.29 is 9.53 Å². The number of allylic oxidation sites excluding steroid dienone is 1. The van der Waals surface area contributed by atoms with Gasteiger partial charge in [0.15, 0.2) is 0 Å². The van der Waals surface area contributed by atoms with Crippen LogP contribution in [0.4, 0.5) is 5.69 Å². The van der Waals surface area contributed by atoms with Crippen LogP contribution in [0.3, 0.4) is 0 Å². The molecule has 1 saturated carbocycles. The summed E-state index contributed by atoms with van der Waals surface area (Å²) in [7, 11) is 5.12. The van der Waals surface area contributed by atoms with Crippen molar-refractivity contribution in [3.8, 4) is 0 Å². The second kappa shape index (κ2) is 7.73. The number of carbonyl (C=O) groups excluding carboxylic acids is 1. The lowest BCUT2D eigenvalue weighted by atomic mass is 9.91. The fourth-order valence-electron chi connectivity index (χ4n) is 3.96. The minimum absolute atomic E-state index is 0.0165. The molecular formula is C22H26N4O3. The molecule has 2 aromatic rings. The molecule has 29 heavy (non-hydrogen) atoms. The van der Waals surface area contributed by atoms with Gasteiger partial charge in [0.2, 0.25) is 0 Å². The minimum atomic E-state index is -0.328. The summed E-state index contributed by atoms with van der Waals surface area (Å²) in [5, 5.41) is 7.68. The summed E-state index contributed by atoms with van der Waals surface area (Å²) < 4.78 is 6.18. The van der Waals surface area contributed by atoms with E-state index in [1.54, 1.807) is 13.2 Å². The van der Waals surface area contributed by atoms with E-state index in [2.05, 4.69) is 21.5 Å². The largest absolute Gasteiger partial charge is 0.465 e. The van der Waals surface area contributed by atoms with Crippen molar-refractivity contribution in [1.82, 2.24) is 14.7 Å². The summed E-state index contributed by atoms with van der Waals surface area (Å²) in [4.78, 5) is 26.4. The highest BCUT2D eigenvalue weighted by atomic mass is 16.5. The van der Waals surface area contributed by atoms with E-state index >= 15 is 0 Å². The zero-order valence-corrected chi connectivity index (χ0v) is 17.0. The Labute approximate surface area is 170 Å². The van der Waals surface area contributed by atoms with E-state index in [0.29, 0.717) is 11.5 Å². The molecule has 0 radical (unpaired) electrons. The third-order valence-corrected chi connectivity index (χ3v) is 5.61. The monoisotopic (exact) mass is 394 g/mol. The van der Waals surface area contributed by atoms with Crippen molar-refractivity contribution in [1.29, 1.82) is 0 Å². The lowest BCUT2D eigenvalue weighted by molar-refractivity contribution is 0.0600. The van der Waals surface area contributed by atoms with E-state index in [9.17, 15) is 9.59 Å². The zero-order chi connectivity index (χ0) is 20.5. The van der Waals surface area contributed by atoms with E-state index < -0.39 is 0 Å². The van der Waals surface area contributed by atoms with Gasteiger partial charge in [0, 0.05) is 44.0 Å². The highest BCUT2D eigenvalue weighted by Crippen LogP contribution is 2.42. The number of likely N-dealkylation sites (N-methyl/N-ethyl adjacent to an activating group) is 1. The molecule has 152 valence electrons. The Morgan fingerprint density at radius 1 is 1.17 bits per heavy atom. The second-order valence-corrected chi connectivity index (χ2v) is 7.91. The van der Waals surface area contributed by atoms with E-state index in [1.165, 1.54) is 17.4 Å². The number of carbonyl (C=O) groups is 1. The molecule has 0 amide bonds. The smallest absolute Gasteiger partial charge is 0.337 e. The summed E-state index contributed by atoms with van der Waals surface area (Å²) in [6, 6.07) is 7.59. The number of benzene rings is 1. The van der Waals surface area contributed by atoms with Crippen LogP contribution in [0.5, 0.6) is 0 Å². The van der Waals surface area contributed by atoms with E-state index in [-0.39, 0.29) is 17.4 Å². The lowest BCUT2D eigenvalue weighted by Crippen LogP contribution is -2.29. The van der Waals surface area contributed by atoms with E-state index in [1.807, 2.05) is 31.3 Å². The number of rotatable bonds is 5. The van der Waals surface area contributed by atoms with Gasteiger partial charge in [0.1, 0.15) is 0 Å². The normalized spacial score (nSPS) is 18.9. The number of hydrogen-bond acceptors (Lipinski definition) is 6. The Morgan fingerprint density at radius 2 is 1.90 bits per heavy atom. The van der Waals surface area contributed by atoms with Crippen LogP contribution >= 0.6 is 0 Å². The lowest BCUT2D eigenvalue weighted by Gasteiger charge is -2.31. The van der Waals surface area contributed by atoms with Crippen LogP contribution in [0, 0.1) is 0 Å². The third kappa shape index (κ3) is 4.04. The molecule has 4 rings (SSSR count). The zero-order valence-electron chi connectivity index (χ0n) is 17.0. The molecular weight excluding hydrogens is 368 g/mol. The van der Waals surface area contributed by atoms with Crippen molar-refractivity contribution in [2.75, 3.05) is 26.0 Å². The Morgan fingerprint density at radius 3 is 2.55 bits per heavy atom. The molecule has 7 heteroatoms. The van der Waals surface area contributed by atoms with Gasteiger partial charge in [-0.05, 0) is 42.9 Å². The number of esters is 1. The van der Waals surface area contributed by atoms with Crippen molar-refractivity contribution >= 4 is 11.7 Å². The first-order valence-electron chi connectivity index (χ1n) is 9.88. The Hall–Kier alpha value is -3.09. The van der Waals surface area contributed by atoms with Crippen LogP contribution < -0.4 is 10.9 Å². The Bertz CT molecular complexity index is 1010. The summed E-state index contributed by atoms with van der Waals surface area (Å²) in [6.07, 6.45) is 6.78. The highest BCUT2D eigenvalue weighted by Gasteiger charge is 2.30. The first-order chi connectivity index (χ1) is 14.0. The molecule has 2 aliphatic rings. The van der Waals surface area contributed by atoms with Gasteiger partial charge >= 0.3 is 5.97 Å². The molecule has 1 aromatic carbocycles. The fourth-order valence-corrected chi connectivity index (χ4v) is 3.96. The van der Waals surface area contributed by atoms with Gasteiger partial charge in [0.25, 0.3) is 5.56 Å². The molecule has 0 bridgehead atoms. The average molecular weight is 394 g/mol. The van der Waals surface area contributed by atoms with E-state index in [0.717, 1.165) is 42.8 Å². The molecule has 1 fully saturated rings. The fraction of sp³-hybridized carbons (Fsp3) is 0.409. The predicted octanol–water partition coefficient (Wildman–Crippen LogP) is 2.82. The van der Waals surface area contributed by atoms with Gasteiger partial charge < -0.3 is 15.0 Å². The first kappa shape index (κ1) is 19.2. The maximum atomic E-state index is 12.6. The molecule has 7 nitrogen and oxygen atoms in total. The molecule has 1 aliphatic heterocycles. The van der Waals surface area contributed by atoms with Crippen molar-refractivity contribution in [2.24, 2.45) is 7.05 Å². The minimum Gasteiger partial charge on any atom is -0.465 e. The van der Waals surface area contributed by atoms with Gasteiger partial charge in [0.05, 0.1) is 24.6 Å². The average Bonchev–Trinajstić information content (AvgIpc) is 3.55. The number of anilines is 1. The summed E-state index contributed by atoms with van der Waals surface area (Å²) in [5.74, 6) is 0.288. The second-order valence-electron chi connectivity index (χ2n) is 7.91. The molecule has 0 saturated heterocycles.